The Morgan fingerprint density at radius 3 is 2.68 bits per heavy atom. The SMILES string of the molecule is Bc1cnn2c(NCc3cccc(CNC(=O)c4ccsc4)c3)cc(-c3ccccc3Cl)nc12. The van der Waals surface area contributed by atoms with E-state index in [9.17, 15) is 4.79 Å². The van der Waals surface area contributed by atoms with Crippen molar-refractivity contribution >= 4 is 53.6 Å². The maximum Gasteiger partial charge on any atom is 0.252 e. The molecule has 0 aliphatic rings. The van der Waals surface area contributed by atoms with Crippen LogP contribution in [-0.4, -0.2) is 28.4 Å². The van der Waals surface area contributed by atoms with Crippen LogP contribution in [0.1, 0.15) is 21.5 Å². The molecule has 0 saturated carbocycles. The van der Waals surface area contributed by atoms with Crippen LogP contribution in [0.25, 0.3) is 16.9 Å². The summed E-state index contributed by atoms with van der Waals surface area (Å²) >= 11 is 7.95. The van der Waals surface area contributed by atoms with Gasteiger partial charge in [-0.3, -0.25) is 4.79 Å². The first kappa shape index (κ1) is 22.2. The predicted molar refractivity (Wildman–Crippen MR) is 141 cm³/mol. The van der Waals surface area contributed by atoms with Crippen LogP contribution in [0.15, 0.2) is 77.6 Å². The maximum absolute atomic E-state index is 12.2. The molecule has 0 unspecified atom stereocenters. The van der Waals surface area contributed by atoms with Gasteiger partial charge in [-0.2, -0.15) is 21.0 Å². The molecule has 9 heteroatoms. The highest BCUT2D eigenvalue weighted by Crippen LogP contribution is 2.28. The molecule has 0 bridgehead atoms. The van der Waals surface area contributed by atoms with Gasteiger partial charge in [0.05, 0.1) is 5.69 Å². The summed E-state index contributed by atoms with van der Waals surface area (Å²) in [6.07, 6.45) is 1.81. The van der Waals surface area contributed by atoms with Crippen LogP contribution in [0.5, 0.6) is 0 Å². The molecule has 168 valence electrons. The number of carbonyl (C=O) groups is 1. The van der Waals surface area contributed by atoms with E-state index in [4.69, 9.17) is 16.6 Å². The number of anilines is 1. The molecule has 0 saturated heterocycles. The maximum atomic E-state index is 12.2. The molecule has 1 amide bonds. The average Bonchev–Trinajstić information content (AvgIpc) is 3.52. The number of halogens is 1. The zero-order valence-corrected chi connectivity index (χ0v) is 20.0. The normalized spacial score (nSPS) is 11.0. The molecule has 0 radical (unpaired) electrons. The average molecular weight is 486 g/mol. The fraction of sp³-hybridized carbons (Fsp3) is 0.0800. The number of carbonyl (C=O) groups excluding carboxylic acids is 1. The quantitative estimate of drug-likeness (QED) is 0.343. The van der Waals surface area contributed by atoms with Crippen LogP contribution in [0.3, 0.4) is 0 Å². The van der Waals surface area contributed by atoms with Crippen LogP contribution < -0.4 is 16.1 Å². The van der Waals surface area contributed by atoms with Crippen molar-refractivity contribution in [3.8, 4) is 11.3 Å². The number of hydrogen-bond acceptors (Lipinski definition) is 5. The summed E-state index contributed by atoms with van der Waals surface area (Å²) < 4.78 is 1.81. The monoisotopic (exact) mass is 485 g/mol. The molecule has 5 aromatic rings. The number of rotatable bonds is 7. The van der Waals surface area contributed by atoms with Gasteiger partial charge in [0, 0.05) is 46.9 Å². The van der Waals surface area contributed by atoms with Crippen molar-refractivity contribution in [2.24, 2.45) is 0 Å². The second-order valence-corrected chi connectivity index (χ2v) is 9.12. The lowest BCUT2D eigenvalue weighted by Crippen LogP contribution is -2.22. The molecule has 0 aliphatic heterocycles. The van der Waals surface area contributed by atoms with Gasteiger partial charge in [0.15, 0.2) is 5.65 Å². The van der Waals surface area contributed by atoms with Crippen molar-refractivity contribution < 1.29 is 4.79 Å². The van der Waals surface area contributed by atoms with Gasteiger partial charge in [0.2, 0.25) is 0 Å². The zero-order chi connectivity index (χ0) is 23.5. The number of nitrogens with one attached hydrogen (secondary N) is 2. The summed E-state index contributed by atoms with van der Waals surface area (Å²) in [7, 11) is 1.99. The molecule has 2 N–H and O–H groups in total. The van der Waals surface area contributed by atoms with E-state index in [2.05, 4.69) is 27.9 Å². The number of amides is 1. The van der Waals surface area contributed by atoms with Gasteiger partial charge in [-0.25, -0.2) is 4.98 Å². The van der Waals surface area contributed by atoms with Crippen LogP contribution in [0, 0.1) is 0 Å². The number of hydrogen-bond donors (Lipinski definition) is 2. The Morgan fingerprint density at radius 2 is 1.88 bits per heavy atom. The fourth-order valence-electron chi connectivity index (χ4n) is 3.73. The largest absolute Gasteiger partial charge is 0.366 e. The van der Waals surface area contributed by atoms with E-state index < -0.39 is 0 Å². The van der Waals surface area contributed by atoms with Gasteiger partial charge in [-0.15, -0.1) is 0 Å². The van der Waals surface area contributed by atoms with E-state index in [0.717, 1.165) is 39.3 Å². The molecular formula is C25H21BClN5OS. The van der Waals surface area contributed by atoms with Crippen molar-refractivity contribution in [1.29, 1.82) is 0 Å². The molecule has 5 rings (SSSR count). The van der Waals surface area contributed by atoms with E-state index in [0.29, 0.717) is 23.7 Å². The third-order valence-corrected chi connectivity index (χ3v) is 6.51. The van der Waals surface area contributed by atoms with Gasteiger partial charge in [0.1, 0.15) is 13.7 Å². The zero-order valence-electron chi connectivity index (χ0n) is 18.5. The number of aromatic nitrogens is 3. The topological polar surface area (TPSA) is 71.3 Å². The molecule has 34 heavy (non-hydrogen) atoms. The summed E-state index contributed by atoms with van der Waals surface area (Å²) in [4.78, 5) is 17.0. The lowest BCUT2D eigenvalue weighted by Gasteiger charge is -2.13. The lowest BCUT2D eigenvalue weighted by atomic mass is 10.0. The third kappa shape index (κ3) is 4.69. The summed E-state index contributed by atoms with van der Waals surface area (Å²) in [5.41, 5.74) is 6.25. The highest BCUT2D eigenvalue weighted by molar-refractivity contribution is 7.08. The molecule has 3 aromatic heterocycles. The van der Waals surface area contributed by atoms with E-state index in [1.807, 2.05) is 67.1 Å². The first-order chi connectivity index (χ1) is 16.6. The summed E-state index contributed by atoms with van der Waals surface area (Å²) in [6.45, 7) is 1.06. The van der Waals surface area contributed by atoms with E-state index in [1.165, 1.54) is 11.3 Å². The van der Waals surface area contributed by atoms with Crippen LogP contribution in [0.4, 0.5) is 5.82 Å². The predicted octanol–water partition coefficient (Wildman–Crippen LogP) is 3.91. The van der Waals surface area contributed by atoms with E-state index in [-0.39, 0.29) is 5.91 Å². The van der Waals surface area contributed by atoms with Crippen LogP contribution >= 0.6 is 22.9 Å². The molecule has 0 fully saturated rings. The standard InChI is InChI=1S/C25H21BClN5OS/c26-20-14-30-32-23(11-22(31-24(20)32)19-6-1-2-7-21(19)27)28-12-16-4-3-5-17(10-16)13-29-25(33)18-8-9-34-15-18/h1-11,14-15,28H,12-13,26H2,(H,29,33). The van der Waals surface area contributed by atoms with Gasteiger partial charge in [0.25, 0.3) is 5.91 Å². The summed E-state index contributed by atoms with van der Waals surface area (Å²) in [6, 6.07) is 19.6. The molecule has 0 aliphatic carbocycles. The van der Waals surface area contributed by atoms with Crippen molar-refractivity contribution in [3.05, 3.63) is 99.3 Å². The van der Waals surface area contributed by atoms with Gasteiger partial charge in [-0.1, -0.05) is 54.1 Å². The van der Waals surface area contributed by atoms with E-state index >= 15 is 0 Å². The minimum Gasteiger partial charge on any atom is -0.366 e. The van der Waals surface area contributed by atoms with Gasteiger partial charge in [-0.05, 0) is 34.1 Å². The van der Waals surface area contributed by atoms with Gasteiger partial charge >= 0.3 is 0 Å². The number of nitrogens with zero attached hydrogens (tertiary/aromatic N) is 3. The molecule has 0 spiro atoms. The Kier molecular flexibility index (Phi) is 6.34. The van der Waals surface area contributed by atoms with Crippen molar-refractivity contribution in [3.63, 3.8) is 0 Å². The van der Waals surface area contributed by atoms with Crippen molar-refractivity contribution in [2.75, 3.05) is 5.32 Å². The highest BCUT2D eigenvalue weighted by Gasteiger charge is 2.13. The van der Waals surface area contributed by atoms with Crippen molar-refractivity contribution in [1.82, 2.24) is 19.9 Å². The number of thiophene rings is 1. The first-order valence-corrected chi connectivity index (χ1v) is 12.1. The molecule has 0 atom stereocenters. The second-order valence-electron chi connectivity index (χ2n) is 7.94. The minimum absolute atomic E-state index is 0.0647. The lowest BCUT2D eigenvalue weighted by molar-refractivity contribution is 0.0951. The highest BCUT2D eigenvalue weighted by atomic mass is 35.5. The summed E-state index contributed by atoms with van der Waals surface area (Å²) in [5.74, 6) is 0.759. The molecular weight excluding hydrogens is 465 g/mol. The Labute approximate surface area is 207 Å². The van der Waals surface area contributed by atoms with E-state index in [1.54, 1.807) is 10.7 Å². The Morgan fingerprint density at radius 1 is 1.06 bits per heavy atom. The second kappa shape index (κ2) is 9.71. The molecule has 2 aromatic carbocycles. The van der Waals surface area contributed by atoms with Crippen LogP contribution in [-0.2, 0) is 13.1 Å². The smallest absolute Gasteiger partial charge is 0.252 e. The van der Waals surface area contributed by atoms with Crippen LogP contribution in [0.2, 0.25) is 5.02 Å². The number of fused-ring (bicyclic) bond motifs is 1. The Bertz CT molecular complexity index is 1470. The minimum atomic E-state index is -0.0647. The fourth-order valence-corrected chi connectivity index (χ4v) is 4.59. The first-order valence-electron chi connectivity index (χ1n) is 10.8. The number of benzene rings is 2. The Balaban J connectivity index is 1.35. The van der Waals surface area contributed by atoms with Crippen molar-refractivity contribution in [2.45, 2.75) is 13.1 Å². The Hall–Kier alpha value is -3.62. The summed E-state index contributed by atoms with van der Waals surface area (Å²) in [5, 5.41) is 15.4. The third-order valence-electron chi connectivity index (χ3n) is 5.50. The van der Waals surface area contributed by atoms with Gasteiger partial charge < -0.3 is 10.6 Å². The molecule has 6 nitrogen and oxygen atoms in total. The molecule has 3 heterocycles.